The Morgan fingerprint density at radius 3 is 2.76 bits per heavy atom. The van der Waals surface area contributed by atoms with Gasteiger partial charge in [0.1, 0.15) is 0 Å². The van der Waals surface area contributed by atoms with Crippen LogP contribution in [0.4, 0.5) is 5.95 Å². The number of nitrogens with one attached hydrogen (secondary N) is 2. The minimum Gasteiger partial charge on any atom is -0.464 e. The van der Waals surface area contributed by atoms with Crippen molar-refractivity contribution in [1.82, 2.24) is 20.3 Å². The van der Waals surface area contributed by atoms with Gasteiger partial charge in [-0.3, -0.25) is 4.79 Å². The SMILES string of the molecule is CCNC(=O)CNc1nc(Cl)nc(OCC)n1. The van der Waals surface area contributed by atoms with Crippen LogP contribution in [0, 0.1) is 0 Å². The summed E-state index contributed by atoms with van der Waals surface area (Å²) in [5, 5.41) is 5.38. The lowest BCUT2D eigenvalue weighted by Crippen LogP contribution is -2.29. The summed E-state index contributed by atoms with van der Waals surface area (Å²) < 4.78 is 5.09. The zero-order chi connectivity index (χ0) is 12.7. The standard InChI is InChI=1S/C9H14ClN5O2/c1-3-11-6(16)5-12-8-13-7(10)14-9(15-8)17-4-2/h3-5H2,1-2H3,(H,11,16)(H,12,13,14,15). The van der Waals surface area contributed by atoms with Gasteiger partial charge in [-0.1, -0.05) is 0 Å². The summed E-state index contributed by atoms with van der Waals surface area (Å²) in [6.45, 7) is 4.71. The van der Waals surface area contributed by atoms with E-state index in [1.807, 2.05) is 6.92 Å². The summed E-state index contributed by atoms with van der Waals surface area (Å²) in [6.07, 6.45) is 0. The fraction of sp³-hybridized carbons (Fsp3) is 0.556. The summed E-state index contributed by atoms with van der Waals surface area (Å²) in [7, 11) is 0. The van der Waals surface area contributed by atoms with E-state index in [0.717, 1.165) is 0 Å². The Labute approximate surface area is 104 Å². The Morgan fingerprint density at radius 1 is 1.35 bits per heavy atom. The van der Waals surface area contributed by atoms with Crippen LogP contribution in [0.1, 0.15) is 13.8 Å². The molecule has 1 aromatic rings. The maximum atomic E-state index is 11.2. The van der Waals surface area contributed by atoms with E-state index in [-0.39, 0.29) is 29.7 Å². The number of hydrogen-bond acceptors (Lipinski definition) is 6. The van der Waals surface area contributed by atoms with E-state index in [1.165, 1.54) is 0 Å². The maximum absolute atomic E-state index is 11.2. The van der Waals surface area contributed by atoms with Crippen molar-refractivity contribution >= 4 is 23.5 Å². The van der Waals surface area contributed by atoms with Crippen molar-refractivity contribution < 1.29 is 9.53 Å². The Balaban J connectivity index is 2.61. The number of ether oxygens (including phenoxy) is 1. The lowest BCUT2D eigenvalue weighted by atomic mass is 10.5. The summed E-state index contributed by atoms with van der Waals surface area (Å²) in [4.78, 5) is 22.7. The van der Waals surface area contributed by atoms with Gasteiger partial charge in [-0.05, 0) is 25.4 Å². The number of aromatic nitrogens is 3. The molecule has 1 rings (SSSR count). The van der Waals surface area contributed by atoms with Gasteiger partial charge in [0, 0.05) is 6.54 Å². The average Bonchev–Trinajstić information content (AvgIpc) is 2.26. The third-order valence-corrected chi connectivity index (χ3v) is 1.81. The van der Waals surface area contributed by atoms with Crippen LogP contribution in [0.25, 0.3) is 0 Å². The Hall–Kier alpha value is -1.63. The predicted octanol–water partition coefficient (Wildman–Crippen LogP) is 0.472. The molecule has 0 unspecified atom stereocenters. The number of carbonyl (C=O) groups excluding carboxylic acids is 1. The maximum Gasteiger partial charge on any atom is 0.322 e. The van der Waals surface area contributed by atoms with Gasteiger partial charge in [0.25, 0.3) is 0 Å². The van der Waals surface area contributed by atoms with E-state index in [9.17, 15) is 4.79 Å². The molecule has 0 fully saturated rings. The molecule has 0 radical (unpaired) electrons. The third kappa shape index (κ3) is 4.81. The Morgan fingerprint density at radius 2 is 2.12 bits per heavy atom. The highest BCUT2D eigenvalue weighted by Crippen LogP contribution is 2.10. The van der Waals surface area contributed by atoms with Gasteiger partial charge in [-0.2, -0.15) is 15.0 Å². The van der Waals surface area contributed by atoms with E-state index < -0.39 is 0 Å². The smallest absolute Gasteiger partial charge is 0.322 e. The summed E-state index contributed by atoms with van der Waals surface area (Å²) >= 11 is 5.68. The van der Waals surface area contributed by atoms with Crippen molar-refractivity contribution in [3.8, 4) is 6.01 Å². The molecule has 7 nitrogen and oxygen atoms in total. The molecule has 0 spiro atoms. The van der Waals surface area contributed by atoms with Crippen LogP contribution in [0.5, 0.6) is 6.01 Å². The lowest BCUT2D eigenvalue weighted by molar-refractivity contribution is -0.119. The minimum absolute atomic E-state index is 0.0156. The van der Waals surface area contributed by atoms with Crippen molar-refractivity contribution in [2.24, 2.45) is 0 Å². The van der Waals surface area contributed by atoms with Crippen LogP contribution in [0.15, 0.2) is 0 Å². The predicted molar refractivity (Wildman–Crippen MR) is 63.2 cm³/mol. The molecule has 17 heavy (non-hydrogen) atoms. The van der Waals surface area contributed by atoms with E-state index in [1.54, 1.807) is 6.92 Å². The van der Waals surface area contributed by atoms with Crippen LogP contribution in [0.2, 0.25) is 5.28 Å². The highest BCUT2D eigenvalue weighted by Gasteiger charge is 2.06. The number of carbonyl (C=O) groups is 1. The van der Waals surface area contributed by atoms with Crippen LogP contribution in [0.3, 0.4) is 0 Å². The second-order valence-corrected chi connectivity index (χ2v) is 3.29. The summed E-state index contributed by atoms with van der Waals surface area (Å²) in [5.74, 6) is 0.0571. The second-order valence-electron chi connectivity index (χ2n) is 2.95. The van der Waals surface area contributed by atoms with Gasteiger partial charge in [0.05, 0.1) is 13.2 Å². The normalized spacial score (nSPS) is 9.82. The number of halogens is 1. The molecule has 0 aromatic carbocycles. The fourth-order valence-corrected chi connectivity index (χ4v) is 1.18. The molecule has 0 atom stereocenters. The molecule has 0 saturated heterocycles. The van der Waals surface area contributed by atoms with Crippen LogP contribution >= 0.6 is 11.6 Å². The number of likely N-dealkylation sites (N-methyl/N-ethyl adjacent to an activating group) is 1. The van der Waals surface area contributed by atoms with Crippen LogP contribution in [-0.4, -0.2) is 40.6 Å². The number of rotatable bonds is 6. The average molecular weight is 260 g/mol. The van der Waals surface area contributed by atoms with Crippen molar-refractivity contribution in [2.75, 3.05) is 25.0 Å². The van der Waals surface area contributed by atoms with Gasteiger partial charge in [-0.15, -0.1) is 0 Å². The zero-order valence-corrected chi connectivity index (χ0v) is 10.4. The molecule has 0 aliphatic heterocycles. The van der Waals surface area contributed by atoms with Gasteiger partial charge >= 0.3 is 6.01 Å². The number of hydrogen-bond donors (Lipinski definition) is 2. The van der Waals surface area contributed by atoms with E-state index in [4.69, 9.17) is 16.3 Å². The number of anilines is 1. The Kier molecular flexibility index (Phi) is 5.41. The first-order valence-electron chi connectivity index (χ1n) is 5.20. The molecule has 0 aliphatic carbocycles. The second kappa shape index (κ2) is 6.85. The molecule has 0 saturated carbocycles. The third-order valence-electron chi connectivity index (χ3n) is 1.64. The quantitative estimate of drug-likeness (QED) is 0.772. The molecule has 0 bridgehead atoms. The number of nitrogens with zero attached hydrogens (tertiary/aromatic N) is 3. The van der Waals surface area contributed by atoms with Crippen LogP contribution in [-0.2, 0) is 4.79 Å². The van der Waals surface area contributed by atoms with Crippen molar-refractivity contribution in [3.05, 3.63) is 5.28 Å². The molecule has 1 heterocycles. The molecular formula is C9H14ClN5O2. The molecule has 0 aliphatic rings. The first-order valence-corrected chi connectivity index (χ1v) is 5.58. The minimum atomic E-state index is -0.151. The summed E-state index contributed by atoms with van der Waals surface area (Å²) in [5.41, 5.74) is 0. The zero-order valence-electron chi connectivity index (χ0n) is 9.66. The largest absolute Gasteiger partial charge is 0.464 e. The van der Waals surface area contributed by atoms with Gasteiger partial charge in [0.2, 0.25) is 17.1 Å². The first kappa shape index (κ1) is 13.4. The van der Waals surface area contributed by atoms with E-state index in [2.05, 4.69) is 25.6 Å². The number of amides is 1. The fourth-order valence-electron chi connectivity index (χ4n) is 1.02. The molecule has 2 N–H and O–H groups in total. The topological polar surface area (TPSA) is 89.0 Å². The van der Waals surface area contributed by atoms with E-state index >= 15 is 0 Å². The van der Waals surface area contributed by atoms with Gasteiger partial charge in [0.15, 0.2) is 0 Å². The molecule has 1 amide bonds. The summed E-state index contributed by atoms with van der Waals surface area (Å²) in [6, 6.07) is 0.130. The van der Waals surface area contributed by atoms with Crippen molar-refractivity contribution in [1.29, 1.82) is 0 Å². The lowest BCUT2D eigenvalue weighted by Gasteiger charge is -2.06. The van der Waals surface area contributed by atoms with Gasteiger partial charge < -0.3 is 15.4 Å². The first-order chi connectivity index (χ1) is 8.15. The monoisotopic (exact) mass is 259 g/mol. The molecule has 94 valence electrons. The molecule has 1 aromatic heterocycles. The molecule has 8 heteroatoms. The van der Waals surface area contributed by atoms with Crippen molar-refractivity contribution in [2.45, 2.75) is 13.8 Å². The van der Waals surface area contributed by atoms with E-state index in [0.29, 0.717) is 13.2 Å². The Bertz CT molecular complexity index is 388. The highest BCUT2D eigenvalue weighted by molar-refractivity contribution is 6.28. The van der Waals surface area contributed by atoms with Crippen LogP contribution < -0.4 is 15.4 Å². The van der Waals surface area contributed by atoms with Crippen molar-refractivity contribution in [3.63, 3.8) is 0 Å². The van der Waals surface area contributed by atoms with Gasteiger partial charge in [-0.25, -0.2) is 0 Å². The highest BCUT2D eigenvalue weighted by atomic mass is 35.5. The molecular weight excluding hydrogens is 246 g/mol.